The molecule has 1 saturated heterocycles. The van der Waals surface area contributed by atoms with Gasteiger partial charge in [-0.1, -0.05) is 31.2 Å². The van der Waals surface area contributed by atoms with Crippen LogP contribution in [-0.2, 0) is 4.79 Å². The Balaban J connectivity index is 2.26. The molecule has 0 bridgehead atoms. The van der Waals surface area contributed by atoms with Crippen LogP contribution in [-0.4, -0.2) is 23.3 Å². The lowest BCUT2D eigenvalue weighted by molar-refractivity contribution is -0.143. The number of piperidine rings is 1. The number of benzene rings is 1. The molecule has 1 atom stereocenters. The zero-order chi connectivity index (χ0) is 14.6. The first kappa shape index (κ1) is 14.5. The van der Waals surface area contributed by atoms with Crippen molar-refractivity contribution < 1.29 is 9.59 Å². The SMILES string of the molecule is C=CC[C@@]1(CC)CCCN(C(=O)c2ccccc2)C1=O. The first-order valence-electron chi connectivity index (χ1n) is 7.17. The highest BCUT2D eigenvalue weighted by Gasteiger charge is 2.43. The van der Waals surface area contributed by atoms with E-state index in [0.717, 1.165) is 19.3 Å². The van der Waals surface area contributed by atoms with E-state index in [1.807, 2.05) is 25.1 Å². The molecular weight excluding hydrogens is 250 g/mol. The minimum absolute atomic E-state index is 0.0417. The number of nitrogens with zero attached hydrogens (tertiary/aromatic N) is 1. The average molecular weight is 271 g/mol. The van der Waals surface area contributed by atoms with Crippen LogP contribution in [0.2, 0.25) is 0 Å². The predicted octanol–water partition coefficient (Wildman–Crippen LogP) is 3.42. The molecule has 0 aromatic heterocycles. The lowest BCUT2D eigenvalue weighted by Crippen LogP contribution is -2.50. The average Bonchev–Trinajstić information content (AvgIpc) is 2.50. The number of hydrogen-bond acceptors (Lipinski definition) is 2. The Bertz CT molecular complexity index is 509. The molecule has 1 aromatic rings. The fourth-order valence-corrected chi connectivity index (χ4v) is 2.94. The van der Waals surface area contributed by atoms with Crippen LogP contribution >= 0.6 is 0 Å². The molecule has 0 aliphatic carbocycles. The second-order valence-electron chi connectivity index (χ2n) is 5.36. The van der Waals surface area contributed by atoms with Crippen molar-refractivity contribution in [1.82, 2.24) is 4.90 Å². The second-order valence-corrected chi connectivity index (χ2v) is 5.36. The van der Waals surface area contributed by atoms with Gasteiger partial charge in [-0.25, -0.2) is 0 Å². The summed E-state index contributed by atoms with van der Waals surface area (Å²) >= 11 is 0. The van der Waals surface area contributed by atoms with Gasteiger partial charge in [0.15, 0.2) is 0 Å². The number of imide groups is 1. The molecule has 0 radical (unpaired) electrons. The molecule has 1 heterocycles. The molecule has 1 fully saturated rings. The molecule has 1 aliphatic heterocycles. The first-order valence-corrected chi connectivity index (χ1v) is 7.17. The maximum Gasteiger partial charge on any atom is 0.260 e. The van der Waals surface area contributed by atoms with Gasteiger partial charge in [0.05, 0.1) is 5.41 Å². The first-order chi connectivity index (χ1) is 9.64. The summed E-state index contributed by atoms with van der Waals surface area (Å²) in [6.07, 6.45) is 4.88. The Morgan fingerprint density at radius 3 is 2.70 bits per heavy atom. The zero-order valence-electron chi connectivity index (χ0n) is 12.0. The largest absolute Gasteiger partial charge is 0.278 e. The number of likely N-dealkylation sites (tertiary alicyclic amines) is 1. The molecule has 0 unspecified atom stereocenters. The third-order valence-electron chi connectivity index (χ3n) is 4.21. The van der Waals surface area contributed by atoms with Gasteiger partial charge in [-0.05, 0) is 37.8 Å². The van der Waals surface area contributed by atoms with E-state index in [1.165, 1.54) is 4.90 Å². The second kappa shape index (κ2) is 6.04. The summed E-state index contributed by atoms with van der Waals surface area (Å²) in [5.74, 6) is -0.225. The number of amides is 2. The van der Waals surface area contributed by atoms with Crippen molar-refractivity contribution in [2.45, 2.75) is 32.6 Å². The monoisotopic (exact) mass is 271 g/mol. The van der Waals surface area contributed by atoms with Crippen molar-refractivity contribution in [2.75, 3.05) is 6.54 Å². The molecule has 20 heavy (non-hydrogen) atoms. The maximum absolute atomic E-state index is 12.7. The van der Waals surface area contributed by atoms with Crippen LogP contribution in [0.15, 0.2) is 43.0 Å². The third kappa shape index (κ3) is 2.53. The van der Waals surface area contributed by atoms with Crippen LogP contribution in [0, 0.1) is 5.41 Å². The van der Waals surface area contributed by atoms with E-state index < -0.39 is 5.41 Å². The van der Waals surface area contributed by atoms with Crippen LogP contribution in [0.3, 0.4) is 0 Å². The minimum atomic E-state index is -0.440. The molecule has 3 nitrogen and oxygen atoms in total. The Morgan fingerprint density at radius 2 is 2.10 bits per heavy atom. The van der Waals surface area contributed by atoms with Gasteiger partial charge < -0.3 is 0 Å². The maximum atomic E-state index is 12.7. The van der Waals surface area contributed by atoms with Gasteiger partial charge in [-0.2, -0.15) is 0 Å². The van der Waals surface area contributed by atoms with E-state index in [0.29, 0.717) is 18.5 Å². The normalized spacial score (nSPS) is 22.6. The van der Waals surface area contributed by atoms with E-state index in [2.05, 4.69) is 6.58 Å². The molecule has 0 saturated carbocycles. The van der Waals surface area contributed by atoms with Crippen molar-refractivity contribution >= 4 is 11.8 Å². The topological polar surface area (TPSA) is 37.4 Å². The van der Waals surface area contributed by atoms with Crippen LogP contribution in [0.25, 0.3) is 0 Å². The summed E-state index contributed by atoms with van der Waals surface area (Å²) in [5, 5.41) is 0. The molecule has 0 spiro atoms. The van der Waals surface area contributed by atoms with Crippen molar-refractivity contribution in [1.29, 1.82) is 0 Å². The Labute approximate surface area is 120 Å². The summed E-state index contributed by atoms with van der Waals surface area (Å²) in [6.45, 7) is 6.29. The molecule has 2 rings (SSSR count). The van der Waals surface area contributed by atoms with E-state index in [1.54, 1.807) is 18.2 Å². The van der Waals surface area contributed by atoms with Gasteiger partial charge in [0.25, 0.3) is 5.91 Å². The van der Waals surface area contributed by atoms with Gasteiger partial charge in [-0.15, -0.1) is 6.58 Å². The van der Waals surface area contributed by atoms with Crippen LogP contribution < -0.4 is 0 Å². The van der Waals surface area contributed by atoms with Crippen molar-refractivity contribution in [3.63, 3.8) is 0 Å². The van der Waals surface area contributed by atoms with E-state index >= 15 is 0 Å². The van der Waals surface area contributed by atoms with Crippen LogP contribution in [0.4, 0.5) is 0 Å². The van der Waals surface area contributed by atoms with Crippen molar-refractivity contribution in [3.05, 3.63) is 48.6 Å². The highest BCUT2D eigenvalue weighted by atomic mass is 16.2. The number of allylic oxidation sites excluding steroid dienone is 1. The van der Waals surface area contributed by atoms with Gasteiger partial charge in [-0.3, -0.25) is 14.5 Å². The minimum Gasteiger partial charge on any atom is -0.278 e. The number of hydrogen-bond donors (Lipinski definition) is 0. The van der Waals surface area contributed by atoms with E-state index in [9.17, 15) is 9.59 Å². The molecule has 1 aromatic carbocycles. The van der Waals surface area contributed by atoms with Gasteiger partial charge in [0, 0.05) is 12.1 Å². The highest BCUT2D eigenvalue weighted by molar-refractivity contribution is 6.06. The fraction of sp³-hybridized carbons (Fsp3) is 0.412. The van der Waals surface area contributed by atoms with E-state index in [4.69, 9.17) is 0 Å². The summed E-state index contributed by atoms with van der Waals surface area (Å²) in [5.41, 5.74) is 0.135. The van der Waals surface area contributed by atoms with E-state index in [-0.39, 0.29) is 11.8 Å². The smallest absolute Gasteiger partial charge is 0.260 e. The van der Waals surface area contributed by atoms with Gasteiger partial charge in [0.1, 0.15) is 0 Å². The van der Waals surface area contributed by atoms with Gasteiger partial charge in [0.2, 0.25) is 5.91 Å². The Morgan fingerprint density at radius 1 is 1.40 bits per heavy atom. The Kier molecular flexibility index (Phi) is 4.38. The zero-order valence-corrected chi connectivity index (χ0v) is 12.0. The lowest BCUT2D eigenvalue weighted by Gasteiger charge is -2.39. The highest BCUT2D eigenvalue weighted by Crippen LogP contribution is 2.38. The predicted molar refractivity (Wildman–Crippen MR) is 79.3 cm³/mol. The fourth-order valence-electron chi connectivity index (χ4n) is 2.94. The summed E-state index contributed by atoms with van der Waals surface area (Å²) in [7, 11) is 0. The number of carbonyl (C=O) groups excluding carboxylic acids is 2. The van der Waals surface area contributed by atoms with Crippen molar-refractivity contribution in [3.8, 4) is 0 Å². The molecular formula is C17H21NO2. The third-order valence-corrected chi connectivity index (χ3v) is 4.21. The summed E-state index contributed by atoms with van der Waals surface area (Å²) in [4.78, 5) is 26.7. The number of carbonyl (C=O) groups is 2. The molecule has 106 valence electrons. The molecule has 1 aliphatic rings. The van der Waals surface area contributed by atoms with Crippen LogP contribution in [0.5, 0.6) is 0 Å². The molecule has 2 amide bonds. The summed E-state index contributed by atoms with van der Waals surface area (Å²) in [6, 6.07) is 9.01. The standard InChI is InChI=1S/C17H21NO2/c1-3-11-17(4-2)12-8-13-18(16(17)20)15(19)14-9-6-5-7-10-14/h3,5-7,9-10H,1,4,8,11-13H2,2H3/t17-/m0/s1. The Hall–Kier alpha value is -1.90. The lowest BCUT2D eigenvalue weighted by atomic mass is 9.74. The molecule has 0 N–H and O–H groups in total. The van der Waals surface area contributed by atoms with Gasteiger partial charge >= 0.3 is 0 Å². The quantitative estimate of drug-likeness (QED) is 0.621. The van der Waals surface area contributed by atoms with Crippen LogP contribution in [0.1, 0.15) is 43.0 Å². The summed E-state index contributed by atoms with van der Waals surface area (Å²) < 4.78 is 0. The number of rotatable bonds is 4. The molecule has 3 heteroatoms. The van der Waals surface area contributed by atoms with Crippen molar-refractivity contribution in [2.24, 2.45) is 5.41 Å².